The van der Waals surface area contributed by atoms with E-state index < -0.39 is 6.10 Å². The SMILES string of the molecule is COCC(O)CCNC(=O)c1cc2c(C)cc(C)cc2[nH]1. The first-order chi connectivity index (χ1) is 10.0. The van der Waals surface area contributed by atoms with Crippen LogP contribution in [0, 0.1) is 13.8 Å². The topological polar surface area (TPSA) is 74.3 Å². The molecule has 1 heterocycles. The van der Waals surface area contributed by atoms with E-state index >= 15 is 0 Å². The van der Waals surface area contributed by atoms with Gasteiger partial charge in [0.25, 0.3) is 5.91 Å². The minimum Gasteiger partial charge on any atom is -0.391 e. The van der Waals surface area contributed by atoms with Crippen LogP contribution in [0.15, 0.2) is 18.2 Å². The normalized spacial score (nSPS) is 12.6. The van der Waals surface area contributed by atoms with E-state index in [0.717, 1.165) is 22.0 Å². The highest BCUT2D eigenvalue weighted by molar-refractivity contribution is 5.98. The minimum atomic E-state index is -0.553. The van der Waals surface area contributed by atoms with Crippen LogP contribution < -0.4 is 5.32 Å². The molecule has 5 heteroatoms. The highest BCUT2D eigenvalue weighted by atomic mass is 16.5. The van der Waals surface area contributed by atoms with Gasteiger partial charge in [0.15, 0.2) is 0 Å². The highest BCUT2D eigenvalue weighted by Crippen LogP contribution is 2.21. The lowest BCUT2D eigenvalue weighted by Crippen LogP contribution is -2.28. The Balaban J connectivity index is 2.01. The molecule has 21 heavy (non-hydrogen) atoms. The third-order valence-corrected chi connectivity index (χ3v) is 3.46. The zero-order valence-corrected chi connectivity index (χ0v) is 12.7. The van der Waals surface area contributed by atoms with Gasteiger partial charge in [-0.2, -0.15) is 0 Å². The summed E-state index contributed by atoms with van der Waals surface area (Å²) in [6, 6.07) is 5.99. The van der Waals surface area contributed by atoms with Gasteiger partial charge in [-0.05, 0) is 43.5 Å². The second-order valence-corrected chi connectivity index (χ2v) is 5.38. The first kappa shape index (κ1) is 15.5. The summed E-state index contributed by atoms with van der Waals surface area (Å²) in [5, 5.41) is 13.4. The van der Waals surface area contributed by atoms with E-state index in [9.17, 15) is 9.90 Å². The Morgan fingerprint density at radius 2 is 2.14 bits per heavy atom. The number of aromatic amines is 1. The number of aromatic nitrogens is 1. The summed E-state index contributed by atoms with van der Waals surface area (Å²) in [4.78, 5) is 15.2. The number of carbonyl (C=O) groups is 1. The Kier molecular flexibility index (Phi) is 4.98. The van der Waals surface area contributed by atoms with E-state index in [1.807, 2.05) is 26.0 Å². The Hall–Kier alpha value is -1.85. The number of benzene rings is 1. The Morgan fingerprint density at radius 3 is 2.86 bits per heavy atom. The number of aryl methyl sites for hydroxylation is 2. The number of ether oxygens (including phenoxy) is 1. The molecule has 0 aliphatic carbocycles. The van der Waals surface area contributed by atoms with Gasteiger partial charge in [-0.1, -0.05) is 6.07 Å². The van der Waals surface area contributed by atoms with Crippen molar-refractivity contribution in [3.63, 3.8) is 0 Å². The van der Waals surface area contributed by atoms with Gasteiger partial charge in [-0.3, -0.25) is 4.79 Å². The summed E-state index contributed by atoms with van der Waals surface area (Å²) in [6.45, 7) is 4.76. The fourth-order valence-corrected chi connectivity index (χ4v) is 2.44. The maximum Gasteiger partial charge on any atom is 0.267 e. The molecule has 1 aromatic heterocycles. The van der Waals surface area contributed by atoms with Gasteiger partial charge in [0.05, 0.1) is 12.7 Å². The summed E-state index contributed by atoms with van der Waals surface area (Å²) in [5.41, 5.74) is 3.82. The first-order valence-corrected chi connectivity index (χ1v) is 7.06. The van der Waals surface area contributed by atoms with Crippen LogP contribution in [0.3, 0.4) is 0 Å². The van der Waals surface area contributed by atoms with Crippen molar-refractivity contribution in [2.75, 3.05) is 20.3 Å². The Bertz CT molecular complexity index is 634. The van der Waals surface area contributed by atoms with Crippen LogP contribution in [-0.4, -0.2) is 42.4 Å². The number of methoxy groups -OCH3 is 1. The number of rotatable bonds is 6. The average Bonchev–Trinajstić information content (AvgIpc) is 2.83. The molecule has 1 amide bonds. The molecule has 0 spiro atoms. The van der Waals surface area contributed by atoms with Crippen molar-refractivity contribution < 1.29 is 14.6 Å². The lowest BCUT2D eigenvalue weighted by Gasteiger charge is -2.09. The van der Waals surface area contributed by atoms with Crippen molar-refractivity contribution in [3.05, 3.63) is 35.0 Å². The van der Waals surface area contributed by atoms with Crippen LogP contribution in [0.25, 0.3) is 10.9 Å². The van der Waals surface area contributed by atoms with Crippen LogP contribution in [0.2, 0.25) is 0 Å². The molecule has 0 aliphatic rings. The van der Waals surface area contributed by atoms with Crippen LogP contribution >= 0.6 is 0 Å². The van der Waals surface area contributed by atoms with Crippen molar-refractivity contribution in [1.82, 2.24) is 10.3 Å². The maximum absolute atomic E-state index is 12.1. The van der Waals surface area contributed by atoms with E-state index in [0.29, 0.717) is 18.7 Å². The van der Waals surface area contributed by atoms with E-state index in [1.54, 1.807) is 0 Å². The van der Waals surface area contributed by atoms with E-state index in [2.05, 4.69) is 16.4 Å². The first-order valence-electron chi connectivity index (χ1n) is 7.06. The van der Waals surface area contributed by atoms with Crippen LogP contribution in [0.1, 0.15) is 28.0 Å². The number of carbonyl (C=O) groups excluding carboxylic acids is 1. The summed E-state index contributed by atoms with van der Waals surface area (Å²) in [5.74, 6) is -0.159. The molecule has 5 nitrogen and oxygen atoms in total. The van der Waals surface area contributed by atoms with E-state index in [-0.39, 0.29) is 12.5 Å². The molecule has 0 fully saturated rings. The number of hydrogen-bond donors (Lipinski definition) is 3. The molecule has 0 aliphatic heterocycles. The molecule has 0 bridgehead atoms. The van der Waals surface area contributed by atoms with Crippen molar-refractivity contribution in [3.8, 4) is 0 Å². The molecule has 1 aromatic carbocycles. The van der Waals surface area contributed by atoms with E-state index in [1.165, 1.54) is 7.11 Å². The zero-order valence-electron chi connectivity index (χ0n) is 12.7. The molecule has 3 N–H and O–H groups in total. The van der Waals surface area contributed by atoms with E-state index in [4.69, 9.17) is 4.74 Å². The van der Waals surface area contributed by atoms with Gasteiger partial charge in [-0.25, -0.2) is 0 Å². The summed E-state index contributed by atoms with van der Waals surface area (Å²) < 4.78 is 4.84. The summed E-state index contributed by atoms with van der Waals surface area (Å²) in [7, 11) is 1.54. The van der Waals surface area contributed by atoms with Gasteiger partial charge in [0, 0.05) is 24.6 Å². The number of fused-ring (bicyclic) bond motifs is 1. The molecule has 0 saturated carbocycles. The number of aliphatic hydroxyl groups is 1. The molecular formula is C16H22N2O3. The third-order valence-electron chi connectivity index (χ3n) is 3.46. The molecular weight excluding hydrogens is 268 g/mol. The van der Waals surface area contributed by atoms with Crippen LogP contribution in [0.5, 0.6) is 0 Å². The molecule has 0 radical (unpaired) electrons. The van der Waals surface area contributed by atoms with Crippen molar-refractivity contribution >= 4 is 16.8 Å². The van der Waals surface area contributed by atoms with Gasteiger partial charge >= 0.3 is 0 Å². The fraction of sp³-hybridized carbons (Fsp3) is 0.438. The number of nitrogens with one attached hydrogen (secondary N) is 2. The predicted molar refractivity (Wildman–Crippen MR) is 82.6 cm³/mol. The van der Waals surface area contributed by atoms with Crippen molar-refractivity contribution in [1.29, 1.82) is 0 Å². The lowest BCUT2D eigenvalue weighted by atomic mass is 10.1. The second-order valence-electron chi connectivity index (χ2n) is 5.38. The lowest BCUT2D eigenvalue weighted by molar-refractivity contribution is 0.0587. The number of aliphatic hydroxyl groups excluding tert-OH is 1. The monoisotopic (exact) mass is 290 g/mol. The third kappa shape index (κ3) is 3.83. The maximum atomic E-state index is 12.1. The van der Waals surface area contributed by atoms with Gasteiger partial charge in [0.1, 0.15) is 5.69 Å². The highest BCUT2D eigenvalue weighted by Gasteiger charge is 2.11. The number of hydrogen-bond acceptors (Lipinski definition) is 3. The molecule has 1 atom stereocenters. The number of H-pyrrole nitrogens is 1. The molecule has 2 aromatic rings. The standard InChI is InChI=1S/C16H22N2O3/c1-10-6-11(2)13-8-15(18-14(13)7-10)16(20)17-5-4-12(19)9-21-3/h6-8,12,18-19H,4-5,9H2,1-3H3,(H,17,20). The van der Waals surface area contributed by atoms with Crippen LogP contribution in [-0.2, 0) is 4.74 Å². The second kappa shape index (κ2) is 6.74. The summed E-state index contributed by atoms with van der Waals surface area (Å²) in [6.07, 6.45) is -0.0827. The predicted octanol–water partition coefficient (Wildman–Crippen LogP) is 1.91. The molecule has 1 unspecified atom stereocenters. The molecule has 114 valence electrons. The number of amides is 1. The Labute approximate surface area is 124 Å². The average molecular weight is 290 g/mol. The molecule has 2 rings (SSSR count). The van der Waals surface area contributed by atoms with Gasteiger partial charge in [0.2, 0.25) is 0 Å². The van der Waals surface area contributed by atoms with Crippen LogP contribution in [0.4, 0.5) is 0 Å². The largest absolute Gasteiger partial charge is 0.391 e. The zero-order chi connectivity index (χ0) is 15.4. The summed E-state index contributed by atoms with van der Waals surface area (Å²) >= 11 is 0. The van der Waals surface area contributed by atoms with Gasteiger partial charge < -0.3 is 20.1 Å². The smallest absolute Gasteiger partial charge is 0.267 e. The van der Waals surface area contributed by atoms with Crippen molar-refractivity contribution in [2.45, 2.75) is 26.4 Å². The quantitative estimate of drug-likeness (QED) is 0.761. The Morgan fingerprint density at radius 1 is 1.38 bits per heavy atom. The van der Waals surface area contributed by atoms with Gasteiger partial charge in [-0.15, -0.1) is 0 Å². The van der Waals surface area contributed by atoms with Crippen molar-refractivity contribution in [2.24, 2.45) is 0 Å². The minimum absolute atomic E-state index is 0.159. The molecule has 0 saturated heterocycles. The fourth-order valence-electron chi connectivity index (χ4n) is 2.44.